The van der Waals surface area contributed by atoms with Crippen LogP contribution in [0.2, 0.25) is 10.0 Å². The fraction of sp³-hybridized carbons (Fsp3) is 0.192. The Balaban J connectivity index is 1.82. The number of halogens is 2. The van der Waals surface area contributed by atoms with Crippen molar-refractivity contribution in [2.24, 2.45) is 0 Å². The Morgan fingerprint density at radius 3 is 1.75 bits per heavy atom. The van der Waals surface area contributed by atoms with Gasteiger partial charge in [0.25, 0.3) is 0 Å². The average Bonchev–Trinajstić information content (AvgIpc) is 3.07. The molecule has 0 bridgehead atoms. The highest BCUT2D eigenvalue weighted by molar-refractivity contribution is 6.42. The van der Waals surface area contributed by atoms with Crippen molar-refractivity contribution in [1.29, 1.82) is 0 Å². The molecule has 0 N–H and O–H groups in total. The Kier molecular flexibility index (Phi) is 6.18. The molecule has 164 valence electrons. The van der Waals surface area contributed by atoms with Gasteiger partial charge in [-0.1, -0.05) is 47.5 Å². The highest BCUT2D eigenvalue weighted by atomic mass is 35.5. The maximum atomic E-state index is 12.5. The SMILES string of the molecule is CN(C)c1ccc(C(=CC2OC(=O)c3cc(Cl)c(Cl)cc32)c2ccc(N(C)C)cc2)cc1. The fourth-order valence-electron chi connectivity index (χ4n) is 3.73. The van der Waals surface area contributed by atoms with Crippen LogP contribution < -0.4 is 9.80 Å². The maximum absolute atomic E-state index is 12.5. The standard InChI is InChI=1S/C26H24Cl2N2O2/c1-29(2)18-9-5-16(6-10-18)20(17-7-11-19(12-8-17)30(3)4)15-25-21-13-23(27)24(28)14-22(21)26(31)32-25/h5-15,25H,1-4H3. The van der Waals surface area contributed by atoms with Crippen LogP contribution in [-0.2, 0) is 4.74 Å². The number of benzene rings is 3. The molecule has 1 unspecified atom stereocenters. The summed E-state index contributed by atoms with van der Waals surface area (Å²) < 4.78 is 5.69. The average molecular weight is 467 g/mol. The first-order chi connectivity index (χ1) is 15.2. The Morgan fingerprint density at radius 1 is 0.812 bits per heavy atom. The lowest BCUT2D eigenvalue weighted by atomic mass is 9.94. The molecule has 0 spiro atoms. The van der Waals surface area contributed by atoms with Crippen LogP contribution >= 0.6 is 23.2 Å². The molecule has 32 heavy (non-hydrogen) atoms. The molecule has 1 aliphatic heterocycles. The summed E-state index contributed by atoms with van der Waals surface area (Å²) in [5.41, 5.74) is 6.40. The second-order valence-electron chi connectivity index (χ2n) is 8.14. The van der Waals surface area contributed by atoms with Crippen molar-refractivity contribution >= 4 is 46.1 Å². The van der Waals surface area contributed by atoms with Crippen molar-refractivity contribution in [3.63, 3.8) is 0 Å². The van der Waals surface area contributed by atoms with Crippen molar-refractivity contribution in [2.75, 3.05) is 38.0 Å². The topological polar surface area (TPSA) is 32.8 Å². The minimum Gasteiger partial charge on any atom is -0.450 e. The third-order valence-corrected chi connectivity index (χ3v) is 6.28. The molecule has 4 nitrogen and oxygen atoms in total. The number of hydrogen-bond donors (Lipinski definition) is 0. The number of ether oxygens (including phenoxy) is 1. The summed E-state index contributed by atoms with van der Waals surface area (Å²) in [4.78, 5) is 16.6. The van der Waals surface area contributed by atoms with Gasteiger partial charge >= 0.3 is 5.97 Å². The first-order valence-electron chi connectivity index (χ1n) is 10.2. The molecular weight excluding hydrogens is 443 g/mol. The molecule has 0 radical (unpaired) electrons. The van der Waals surface area contributed by atoms with E-state index in [9.17, 15) is 4.79 Å². The number of nitrogens with zero attached hydrogens (tertiary/aromatic N) is 2. The second-order valence-corrected chi connectivity index (χ2v) is 8.96. The Hall–Kier alpha value is -2.95. The van der Waals surface area contributed by atoms with Gasteiger partial charge in [-0.25, -0.2) is 4.79 Å². The highest BCUT2D eigenvalue weighted by Gasteiger charge is 2.31. The van der Waals surface area contributed by atoms with Crippen molar-refractivity contribution in [3.8, 4) is 0 Å². The molecule has 0 fully saturated rings. The van der Waals surface area contributed by atoms with E-state index in [4.69, 9.17) is 27.9 Å². The van der Waals surface area contributed by atoms with Crippen LogP contribution in [0.4, 0.5) is 11.4 Å². The lowest BCUT2D eigenvalue weighted by Gasteiger charge is -2.17. The van der Waals surface area contributed by atoms with Gasteiger partial charge in [0.2, 0.25) is 0 Å². The number of carbonyl (C=O) groups excluding carboxylic acids is 1. The van der Waals surface area contributed by atoms with E-state index in [0.717, 1.165) is 33.6 Å². The summed E-state index contributed by atoms with van der Waals surface area (Å²) in [7, 11) is 8.04. The minimum atomic E-state index is -0.552. The van der Waals surface area contributed by atoms with Gasteiger partial charge < -0.3 is 14.5 Å². The van der Waals surface area contributed by atoms with E-state index in [1.807, 2.05) is 34.3 Å². The van der Waals surface area contributed by atoms with Crippen molar-refractivity contribution in [2.45, 2.75) is 6.10 Å². The third kappa shape index (κ3) is 4.34. The van der Waals surface area contributed by atoms with E-state index >= 15 is 0 Å². The number of hydrogen-bond acceptors (Lipinski definition) is 4. The monoisotopic (exact) mass is 466 g/mol. The highest BCUT2D eigenvalue weighted by Crippen LogP contribution is 2.39. The molecule has 3 aromatic rings. The van der Waals surface area contributed by atoms with Crippen LogP contribution in [0.1, 0.15) is 33.2 Å². The molecular formula is C26H24Cl2N2O2. The zero-order valence-corrected chi connectivity index (χ0v) is 19.9. The first-order valence-corrected chi connectivity index (χ1v) is 11.0. The van der Waals surface area contributed by atoms with E-state index in [2.05, 4.69) is 58.3 Å². The molecule has 0 saturated carbocycles. The van der Waals surface area contributed by atoms with Gasteiger partial charge in [0.15, 0.2) is 0 Å². The number of carbonyl (C=O) groups is 1. The fourth-order valence-corrected chi connectivity index (χ4v) is 4.06. The molecule has 1 aliphatic rings. The summed E-state index contributed by atoms with van der Waals surface area (Å²) in [6, 6.07) is 19.9. The van der Waals surface area contributed by atoms with E-state index in [1.165, 1.54) is 0 Å². The van der Waals surface area contributed by atoms with E-state index < -0.39 is 12.1 Å². The third-order valence-electron chi connectivity index (χ3n) is 5.56. The van der Waals surface area contributed by atoms with Crippen molar-refractivity contribution < 1.29 is 9.53 Å². The summed E-state index contributed by atoms with van der Waals surface area (Å²) >= 11 is 12.4. The predicted octanol–water partition coefficient (Wildman–Crippen LogP) is 6.47. The number of anilines is 2. The van der Waals surface area contributed by atoms with Crippen molar-refractivity contribution in [3.05, 3.63) is 99.0 Å². The van der Waals surface area contributed by atoms with Crippen LogP contribution in [0.25, 0.3) is 5.57 Å². The van der Waals surface area contributed by atoms with Crippen LogP contribution in [0.3, 0.4) is 0 Å². The number of rotatable bonds is 5. The maximum Gasteiger partial charge on any atom is 0.339 e. The summed E-state index contributed by atoms with van der Waals surface area (Å²) in [6.07, 6.45) is 1.42. The first kappa shape index (κ1) is 22.3. The Morgan fingerprint density at radius 2 is 1.28 bits per heavy atom. The van der Waals surface area contributed by atoms with Crippen LogP contribution in [0, 0.1) is 0 Å². The summed E-state index contributed by atoms with van der Waals surface area (Å²) in [6.45, 7) is 0. The lowest BCUT2D eigenvalue weighted by Crippen LogP contribution is -2.08. The van der Waals surface area contributed by atoms with Crippen LogP contribution in [0.5, 0.6) is 0 Å². The van der Waals surface area contributed by atoms with Gasteiger partial charge in [0, 0.05) is 45.1 Å². The van der Waals surface area contributed by atoms with E-state index in [1.54, 1.807) is 12.1 Å². The molecule has 3 aromatic carbocycles. The summed E-state index contributed by atoms with van der Waals surface area (Å²) in [5.74, 6) is -0.398. The molecule has 0 saturated heterocycles. The van der Waals surface area contributed by atoms with Gasteiger partial charge in [-0.3, -0.25) is 0 Å². The van der Waals surface area contributed by atoms with Gasteiger partial charge in [-0.05, 0) is 59.2 Å². The van der Waals surface area contributed by atoms with Gasteiger partial charge in [0.05, 0.1) is 15.6 Å². The molecule has 0 aromatic heterocycles. The molecule has 6 heteroatoms. The molecule has 0 amide bonds. The van der Waals surface area contributed by atoms with Crippen LogP contribution in [0.15, 0.2) is 66.7 Å². The number of esters is 1. The number of cyclic esters (lactones) is 1. The summed E-state index contributed by atoms with van der Waals surface area (Å²) in [5, 5.41) is 0.736. The Bertz CT molecular complexity index is 1130. The van der Waals surface area contributed by atoms with Gasteiger partial charge in [-0.15, -0.1) is 0 Å². The number of fused-ring (bicyclic) bond motifs is 1. The predicted molar refractivity (Wildman–Crippen MR) is 133 cm³/mol. The lowest BCUT2D eigenvalue weighted by molar-refractivity contribution is 0.0468. The van der Waals surface area contributed by atoms with Crippen molar-refractivity contribution in [1.82, 2.24) is 0 Å². The van der Waals surface area contributed by atoms with Gasteiger partial charge in [-0.2, -0.15) is 0 Å². The normalized spacial score (nSPS) is 14.6. The second kappa shape index (κ2) is 8.89. The minimum absolute atomic E-state index is 0.339. The largest absolute Gasteiger partial charge is 0.450 e. The van der Waals surface area contributed by atoms with E-state index in [0.29, 0.717) is 15.6 Å². The zero-order valence-electron chi connectivity index (χ0n) is 18.4. The zero-order chi connectivity index (χ0) is 23.0. The quantitative estimate of drug-likeness (QED) is 0.403. The molecule has 0 aliphatic carbocycles. The smallest absolute Gasteiger partial charge is 0.339 e. The van der Waals surface area contributed by atoms with Gasteiger partial charge in [0.1, 0.15) is 6.10 Å². The molecule has 4 rings (SSSR count). The molecule has 1 heterocycles. The molecule has 1 atom stereocenters. The van der Waals surface area contributed by atoms with Crippen LogP contribution in [-0.4, -0.2) is 34.2 Å². The Labute approximate surface area is 198 Å². The van der Waals surface area contributed by atoms with E-state index in [-0.39, 0.29) is 0 Å².